The van der Waals surface area contributed by atoms with Gasteiger partial charge in [0.25, 0.3) is 0 Å². The Morgan fingerprint density at radius 2 is 1.61 bits per heavy atom. The highest BCUT2D eigenvalue weighted by molar-refractivity contribution is 9.12. The van der Waals surface area contributed by atoms with Crippen LogP contribution in [0, 0.1) is 10.8 Å². The van der Waals surface area contributed by atoms with Crippen molar-refractivity contribution in [3.63, 3.8) is 0 Å². The molecule has 2 aromatic carbocycles. The number of furan rings is 1. The summed E-state index contributed by atoms with van der Waals surface area (Å²) >= 11 is 7.80. The van der Waals surface area contributed by atoms with Gasteiger partial charge in [-0.25, -0.2) is 0 Å². The molecule has 0 bridgehead atoms. The fourth-order valence-electron chi connectivity index (χ4n) is 6.13. The van der Waals surface area contributed by atoms with Crippen LogP contribution in [0.4, 0.5) is 0 Å². The van der Waals surface area contributed by atoms with Crippen LogP contribution in [0.5, 0.6) is 0 Å². The standard InChI is InChI=1S/C30H22Br2O/c1-29(2)12-23-18(25(32)14-29)10-20-17-9-19-16-6-5-15-7-8-33-28(15)21(16)11-24(31)26(19)22(17)13-30(3,4)27(20)23/h5-14H,1-4H3. The van der Waals surface area contributed by atoms with Crippen LogP contribution in [0.1, 0.15) is 38.8 Å². The van der Waals surface area contributed by atoms with Crippen LogP contribution < -0.4 is 0 Å². The monoisotopic (exact) mass is 556 g/mol. The zero-order valence-electron chi connectivity index (χ0n) is 18.9. The van der Waals surface area contributed by atoms with Gasteiger partial charge < -0.3 is 4.42 Å². The van der Waals surface area contributed by atoms with Gasteiger partial charge in [0.15, 0.2) is 0 Å². The minimum atomic E-state index is -0.0756. The molecule has 33 heavy (non-hydrogen) atoms. The molecule has 1 aromatic heterocycles. The molecule has 0 unspecified atom stereocenters. The molecule has 3 aromatic rings. The predicted molar refractivity (Wildman–Crippen MR) is 145 cm³/mol. The molecule has 162 valence electrons. The average Bonchev–Trinajstić information content (AvgIpc) is 3.42. The third-order valence-corrected chi connectivity index (χ3v) is 8.69. The smallest absolute Gasteiger partial charge is 0.141 e. The van der Waals surface area contributed by atoms with Crippen molar-refractivity contribution in [2.45, 2.75) is 27.7 Å². The highest BCUT2D eigenvalue weighted by Gasteiger charge is 2.42. The van der Waals surface area contributed by atoms with Crippen LogP contribution in [0.2, 0.25) is 0 Å². The largest absolute Gasteiger partial charge is 0.464 e. The second-order valence-corrected chi connectivity index (χ2v) is 12.4. The average molecular weight is 558 g/mol. The van der Waals surface area contributed by atoms with Crippen molar-refractivity contribution in [2.75, 3.05) is 0 Å². The van der Waals surface area contributed by atoms with Gasteiger partial charge >= 0.3 is 0 Å². The van der Waals surface area contributed by atoms with Gasteiger partial charge in [0.1, 0.15) is 5.58 Å². The van der Waals surface area contributed by atoms with E-state index in [1.54, 1.807) is 6.26 Å². The molecule has 0 atom stereocenters. The van der Waals surface area contributed by atoms with Gasteiger partial charge in [0.2, 0.25) is 0 Å². The SMILES string of the molecule is CC1(C)C=C(Br)C2=CC3=C(C2=C1)C(C)(C)C=C1C3=Cc2c1c(Br)cc1c2ccc2ccoc21. The number of fused-ring (bicyclic) bond motifs is 10. The van der Waals surface area contributed by atoms with Crippen LogP contribution >= 0.6 is 31.9 Å². The first kappa shape index (κ1) is 20.1. The van der Waals surface area contributed by atoms with Crippen molar-refractivity contribution in [2.24, 2.45) is 10.8 Å². The summed E-state index contributed by atoms with van der Waals surface area (Å²) in [6.45, 7) is 9.25. The van der Waals surface area contributed by atoms with Gasteiger partial charge in [-0.1, -0.05) is 89.9 Å². The summed E-state index contributed by atoms with van der Waals surface area (Å²) in [4.78, 5) is 0. The Morgan fingerprint density at radius 3 is 2.42 bits per heavy atom. The highest BCUT2D eigenvalue weighted by Crippen LogP contribution is 2.59. The molecule has 0 spiro atoms. The van der Waals surface area contributed by atoms with Crippen molar-refractivity contribution in [1.29, 1.82) is 0 Å². The molecule has 3 heteroatoms. The Labute approximate surface area is 210 Å². The Kier molecular flexibility index (Phi) is 3.76. The van der Waals surface area contributed by atoms with E-state index >= 15 is 0 Å². The fourth-order valence-corrected chi connectivity index (χ4v) is 7.70. The lowest BCUT2D eigenvalue weighted by atomic mass is 9.70. The van der Waals surface area contributed by atoms with E-state index in [4.69, 9.17) is 4.42 Å². The molecular weight excluding hydrogens is 536 g/mol. The van der Waals surface area contributed by atoms with Crippen molar-refractivity contribution in [3.8, 4) is 0 Å². The maximum absolute atomic E-state index is 5.87. The van der Waals surface area contributed by atoms with E-state index in [9.17, 15) is 0 Å². The molecule has 0 amide bonds. The number of rotatable bonds is 0. The highest BCUT2D eigenvalue weighted by atomic mass is 79.9. The second kappa shape index (κ2) is 6.20. The van der Waals surface area contributed by atoms with E-state index in [1.165, 1.54) is 54.4 Å². The van der Waals surface area contributed by atoms with Gasteiger partial charge in [-0.15, -0.1) is 0 Å². The Balaban J connectivity index is 1.54. The number of hydrogen-bond donors (Lipinski definition) is 0. The van der Waals surface area contributed by atoms with Gasteiger partial charge in [-0.2, -0.15) is 0 Å². The first-order chi connectivity index (χ1) is 15.6. The molecule has 0 radical (unpaired) electrons. The summed E-state index contributed by atoms with van der Waals surface area (Å²) in [5, 5.41) is 3.53. The molecule has 4 aliphatic rings. The number of benzene rings is 2. The molecule has 7 rings (SSSR count). The number of allylic oxidation sites excluding steroid dienone is 11. The molecule has 0 saturated heterocycles. The van der Waals surface area contributed by atoms with Crippen LogP contribution in [0.3, 0.4) is 0 Å². The molecule has 1 heterocycles. The van der Waals surface area contributed by atoms with E-state index in [0.717, 1.165) is 20.8 Å². The van der Waals surface area contributed by atoms with Crippen molar-refractivity contribution < 1.29 is 4.42 Å². The maximum atomic E-state index is 5.87. The third-order valence-electron chi connectivity index (χ3n) is 7.41. The van der Waals surface area contributed by atoms with E-state index < -0.39 is 0 Å². The number of halogens is 2. The molecular formula is C30H22Br2O. The molecule has 1 nitrogen and oxygen atoms in total. The van der Waals surface area contributed by atoms with Crippen molar-refractivity contribution in [1.82, 2.24) is 0 Å². The lowest BCUT2D eigenvalue weighted by Crippen LogP contribution is -2.21. The van der Waals surface area contributed by atoms with E-state index in [1.807, 2.05) is 6.07 Å². The maximum Gasteiger partial charge on any atom is 0.141 e. The van der Waals surface area contributed by atoms with E-state index in [-0.39, 0.29) is 10.8 Å². The summed E-state index contributed by atoms with van der Waals surface area (Å²) in [6.07, 6.45) is 13.8. The van der Waals surface area contributed by atoms with Crippen LogP contribution in [-0.2, 0) is 0 Å². The van der Waals surface area contributed by atoms with Gasteiger partial charge in [0.05, 0.1) is 6.26 Å². The van der Waals surface area contributed by atoms with Gasteiger partial charge in [0, 0.05) is 36.1 Å². The van der Waals surface area contributed by atoms with Gasteiger partial charge in [-0.3, -0.25) is 0 Å². The third kappa shape index (κ3) is 2.58. The minimum absolute atomic E-state index is 0.0225. The molecule has 0 saturated carbocycles. The molecule has 4 aliphatic carbocycles. The quantitative estimate of drug-likeness (QED) is 0.268. The van der Waals surface area contributed by atoms with E-state index in [0.29, 0.717) is 0 Å². The Hall–Kier alpha value is -2.36. The second-order valence-electron chi connectivity index (χ2n) is 10.7. The minimum Gasteiger partial charge on any atom is -0.464 e. The lowest BCUT2D eigenvalue weighted by molar-refractivity contribution is 0.572. The van der Waals surface area contributed by atoms with Gasteiger partial charge in [-0.05, 0) is 68.7 Å². The van der Waals surface area contributed by atoms with Crippen LogP contribution in [0.25, 0.3) is 33.4 Å². The normalized spacial score (nSPS) is 21.7. The van der Waals surface area contributed by atoms with Crippen molar-refractivity contribution in [3.05, 3.63) is 103 Å². The topological polar surface area (TPSA) is 13.1 Å². The zero-order valence-corrected chi connectivity index (χ0v) is 22.1. The lowest BCUT2D eigenvalue weighted by Gasteiger charge is -2.34. The number of hydrogen-bond acceptors (Lipinski definition) is 1. The molecule has 0 aliphatic heterocycles. The summed E-state index contributed by atoms with van der Waals surface area (Å²) < 4.78 is 8.18. The fraction of sp³-hybridized carbons (Fsp3) is 0.200. The summed E-state index contributed by atoms with van der Waals surface area (Å²) in [7, 11) is 0. The first-order valence-electron chi connectivity index (χ1n) is 11.3. The summed E-state index contributed by atoms with van der Waals surface area (Å²) in [5.74, 6) is 0. The molecule has 0 N–H and O–H groups in total. The molecule has 0 fully saturated rings. The first-order valence-corrected chi connectivity index (χ1v) is 12.9. The van der Waals surface area contributed by atoms with E-state index in [2.05, 4.69) is 108 Å². The summed E-state index contributed by atoms with van der Waals surface area (Å²) in [6, 6.07) is 8.67. The zero-order chi connectivity index (χ0) is 22.9. The summed E-state index contributed by atoms with van der Waals surface area (Å²) in [5.41, 5.74) is 11.6. The van der Waals surface area contributed by atoms with Crippen molar-refractivity contribution >= 4 is 65.3 Å². The van der Waals surface area contributed by atoms with Crippen LogP contribution in [-0.4, -0.2) is 0 Å². The Bertz CT molecular complexity index is 1660. The van der Waals surface area contributed by atoms with Crippen LogP contribution in [0.15, 0.2) is 96.1 Å². The Morgan fingerprint density at radius 1 is 0.788 bits per heavy atom. The predicted octanol–water partition coefficient (Wildman–Crippen LogP) is 9.65.